The minimum Gasteiger partial charge on any atom is -0.508 e. The van der Waals surface area contributed by atoms with Gasteiger partial charge in [0.05, 0.1) is 29.1 Å². The molecule has 0 amide bonds. The van der Waals surface area contributed by atoms with Gasteiger partial charge in [-0.3, -0.25) is 9.36 Å². The summed E-state index contributed by atoms with van der Waals surface area (Å²) in [6.07, 6.45) is -0.943. The molecule has 0 fully saturated rings. The molecule has 4 heterocycles. The van der Waals surface area contributed by atoms with Crippen LogP contribution in [0.15, 0.2) is 29.1 Å². The Morgan fingerprint density at radius 2 is 2.05 bits per heavy atom. The van der Waals surface area contributed by atoms with Crippen molar-refractivity contribution in [3.8, 4) is 17.1 Å². The molecule has 197 valence electrons. The van der Waals surface area contributed by atoms with Gasteiger partial charge in [0.2, 0.25) is 0 Å². The molecule has 3 radical (unpaired) electrons. The van der Waals surface area contributed by atoms with Crippen LogP contribution in [0.5, 0.6) is 5.75 Å². The summed E-state index contributed by atoms with van der Waals surface area (Å²) in [4.78, 5) is 32.7. The van der Waals surface area contributed by atoms with Crippen LogP contribution in [-0.2, 0) is 33.0 Å². The van der Waals surface area contributed by atoms with Crippen LogP contribution in [0.25, 0.3) is 22.3 Å². The highest BCUT2D eigenvalue weighted by atomic mass is 19.1. The van der Waals surface area contributed by atoms with E-state index in [1.807, 2.05) is 19.0 Å². The number of halogens is 1. The van der Waals surface area contributed by atoms with Gasteiger partial charge in [-0.1, -0.05) is 14.4 Å². The summed E-state index contributed by atoms with van der Waals surface area (Å²) >= 11 is 0. The van der Waals surface area contributed by atoms with Crippen molar-refractivity contribution in [2.45, 2.75) is 45.8 Å². The van der Waals surface area contributed by atoms with Crippen molar-refractivity contribution in [2.75, 3.05) is 27.4 Å². The van der Waals surface area contributed by atoms with Crippen molar-refractivity contribution in [3.05, 3.63) is 56.9 Å². The number of phenolic OH excluding ortho intramolecular Hbond substituents is 1. The maximum Gasteiger partial charge on any atom is 0.343 e. The highest BCUT2D eigenvalue weighted by molar-refractivity contribution is 5.89. The molecule has 0 aliphatic carbocycles. The molecule has 0 saturated carbocycles. The monoisotopic (exact) mass is 513 g/mol. The Morgan fingerprint density at radius 3 is 2.70 bits per heavy atom. The Bertz CT molecular complexity index is 1430. The Morgan fingerprint density at radius 1 is 1.32 bits per heavy atom. The van der Waals surface area contributed by atoms with Gasteiger partial charge in [0.15, 0.2) is 11.8 Å². The zero-order valence-corrected chi connectivity index (χ0v) is 20.2. The lowest BCUT2D eigenvalue weighted by Gasteiger charge is -2.32. The van der Waals surface area contributed by atoms with Gasteiger partial charge in [-0.15, -0.1) is 0 Å². The van der Waals surface area contributed by atoms with Crippen molar-refractivity contribution in [1.29, 1.82) is 0 Å². The lowest BCUT2D eigenvalue weighted by atomic mass is 9.86. The second-order valence-corrected chi connectivity index (χ2v) is 9.09. The number of aromatic nitrogens is 2. The first-order chi connectivity index (χ1) is 16.7. The lowest BCUT2D eigenvalue weighted by Crippen LogP contribution is -2.44. The molecule has 3 aromatic rings. The Balaban J connectivity index is 0.00000169. The van der Waals surface area contributed by atoms with Gasteiger partial charge in [-0.05, 0) is 44.8 Å². The maximum atomic E-state index is 13.6. The van der Waals surface area contributed by atoms with Gasteiger partial charge in [0.25, 0.3) is 5.56 Å². The van der Waals surface area contributed by atoms with Crippen LogP contribution in [-0.4, -0.2) is 66.4 Å². The number of aromatic hydroxyl groups is 1. The summed E-state index contributed by atoms with van der Waals surface area (Å²) in [5.41, 5.74) is 0.448. The molecule has 37 heavy (non-hydrogen) atoms. The quantitative estimate of drug-likeness (QED) is 0.382. The smallest absolute Gasteiger partial charge is 0.343 e. The second-order valence-electron chi connectivity index (χ2n) is 9.09. The van der Waals surface area contributed by atoms with Gasteiger partial charge in [0, 0.05) is 38.5 Å². The fraction of sp³-hybridized carbons (Fsp3) is 0.423. The number of phenols is 1. The number of esters is 1. The molecule has 2 N–H and O–H groups in total. The van der Waals surface area contributed by atoms with E-state index in [1.54, 1.807) is 31.2 Å². The van der Waals surface area contributed by atoms with Crippen LogP contribution in [0.3, 0.4) is 0 Å². The number of rotatable bonds is 6. The molecular weight excluding hydrogens is 480 g/mol. The Labute approximate surface area is 217 Å². The molecule has 2 aromatic heterocycles. The molecule has 1 unspecified atom stereocenters. The molecule has 0 bridgehead atoms. The molecule has 0 spiro atoms. The van der Waals surface area contributed by atoms with Gasteiger partial charge in [0.1, 0.15) is 19.0 Å². The van der Waals surface area contributed by atoms with Crippen molar-refractivity contribution in [1.82, 2.24) is 14.5 Å². The average Bonchev–Trinajstić information content (AvgIpc) is 3.13. The third-order valence-corrected chi connectivity index (χ3v) is 6.67. The number of alkyl halides is 1. The van der Waals surface area contributed by atoms with Crippen LogP contribution in [0.1, 0.15) is 50.7 Å². The fourth-order valence-electron chi connectivity index (χ4n) is 4.93. The summed E-state index contributed by atoms with van der Waals surface area (Å²) < 4.78 is 25.4. The summed E-state index contributed by atoms with van der Waals surface area (Å²) in [6.45, 7) is 0.806. The molecular formula is C26H32BFN3O6. The van der Waals surface area contributed by atoms with E-state index < -0.39 is 30.0 Å². The van der Waals surface area contributed by atoms with Crippen LogP contribution in [0, 0.1) is 0 Å². The maximum absolute atomic E-state index is 13.6. The van der Waals surface area contributed by atoms with Crippen LogP contribution < -0.4 is 5.56 Å². The zero-order valence-electron chi connectivity index (χ0n) is 20.2. The number of hydrogen-bond donors (Lipinski definition) is 2. The molecule has 2 atom stereocenters. The number of nitrogens with zero attached hydrogens (tertiary/aromatic N) is 3. The summed E-state index contributed by atoms with van der Waals surface area (Å²) in [7, 11) is 3.76. The van der Waals surface area contributed by atoms with E-state index in [0.29, 0.717) is 40.0 Å². The highest BCUT2D eigenvalue weighted by Gasteiger charge is 2.46. The summed E-state index contributed by atoms with van der Waals surface area (Å²) in [5, 5.41) is 22.3. The van der Waals surface area contributed by atoms with E-state index in [9.17, 15) is 24.2 Å². The number of pyridine rings is 2. The molecule has 9 nitrogen and oxygen atoms in total. The highest BCUT2D eigenvalue weighted by Crippen LogP contribution is 2.44. The minimum atomic E-state index is -1.96. The second kappa shape index (κ2) is 10.2. The van der Waals surface area contributed by atoms with E-state index in [0.717, 1.165) is 0 Å². The number of hydrogen-bond acceptors (Lipinski definition) is 8. The molecule has 2 aliphatic rings. The third kappa shape index (κ3) is 4.20. The van der Waals surface area contributed by atoms with Crippen molar-refractivity contribution < 1.29 is 30.3 Å². The fourth-order valence-corrected chi connectivity index (χ4v) is 4.93. The van der Waals surface area contributed by atoms with E-state index in [1.165, 1.54) is 4.57 Å². The van der Waals surface area contributed by atoms with Crippen LogP contribution in [0.2, 0.25) is 0 Å². The van der Waals surface area contributed by atoms with Gasteiger partial charge < -0.3 is 24.6 Å². The number of cyclic esters (lactones) is 1. The predicted molar refractivity (Wildman–Crippen MR) is 139 cm³/mol. The first-order valence-corrected chi connectivity index (χ1v) is 11.4. The molecule has 2 aliphatic heterocycles. The minimum absolute atomic E-state index is 0. The first kappa shape index (κ1) is 28.3. The SMILES string of the molecule is C.CC[C@@]1(O)C(=O)OCc2c1cc1n(c2=O)C(OCCF)c2cc3c(CN(C)C)c(O)ccc3nc2-1.[2HH].[B]. The number of carbonyl (C=O) groups is 1. The Hall–Kier alpha value is -3.28. The summed E-state index contributed by atoms with van der Waals surface area (Å²) in [5.74, 6) is -0.698. The normalized spacial score (nSPS) is 19.5. The predicted octanol–water partition coefficient (Wildman–Crippen LogP) is 2.83. The molecule has 0 saturated heterocycles. The van der Waals surface area contributed by atoms with Crippen molar-refractivity contribution >= 4 is 25.3 Å². The van der Waals surface area contributed by atoms with Gasteiger partial charge in [-0.25, -0.2) is 14.2 Å². The van der Waals surface area contributed by atoms with E-state index in [-0.39, 0.29) is 53.8 Å². The number of aliphatic hydroxyl groups is 1. The van der Waals surface area contributed by atoms with Crippen LogP contribution in [0.4, 0.5) is 4.39 Å². The first-order valence-electron chi connectivity index (χ1n) is 11.4. The van der Waals surface area contributed by atoms with Gasteiger partial charge in [-0.2, -0.15) is 0 Å². The topological polar surface area (TPSA) is 114 Å². The van der Waals surface area contributed by atoms with Crippen molar-refractivity contribution in [3.63, 3.8) is 0 Å². The number of carbonyl (C=O) groups excluding carboxylic acids is 1. The number of ether oxygens (including phenoxy) is 2. The van der Waals surface area contributed by atoms with E-state index in [2.05, 4.69) is 0 Å². The van der Waals surface area contributed by atoms with E-state index >= 15 is 0 Å². The summed E-state index contributed by atoms with van der Waals surface area (Å²) in [6, 6.07) is 6.63. The largest absolute Gasteiger partial charge is 0.508 e. The average molecular weight is 513 g/mol. The standard InChI is InChI=1S/C25H26FN3O6.CH4.B.H2/c1-4-25(33)17-10-19-21-14(9-13-15(11-28(2)3)20(30)6-5-18(13)27-21)23(34-8-7-26)29(19)22(31)16(17)12-35-24(25)32;;;/h5-6,9-10,23,30,33H,4,7-8,11-12H2,1-3H3;1H4;;1H/t23?,25-;;;/m0.../s1/i;;;1+1. The third-order valence-electron chi connectivity index (χ3n) is 6.67. The van der Waals surface area contributed by atoms with Gasteiger partial charge >= 0.3 is 5.97 Å². The molecule has 1 aromatic carbocycles. The van der Waals surface area contributed by atoms with Crippen molar-refractivity contribution in [2.24, 2.45) is 0 Å². The number of fused-ring (bicyclic) bond motifs is 5. The molecule has 5 rings (SSSR count). The van der Waals surface area contributed by atoms with Crippen LogP contribution >= 0.6 is 0 Å². The number of benzene rings is 1. The van der Waals surface area contributed by atoms with E-state index in [4.69, 9.17) is 14.5 Å². The molecule has 11 heteroatoms. The lowest BCUT2D eigenvalue weighted by molar-refractivity contribution is -0.172. The zero-order chi connectivity index (χ0) is 25.1. The Kier molecular flexibility index (Phi) is 7.83.